The fourth-order valence-corrected chi connectivity index (χ4v) is 4.24. The van der Waals surface area contributed by atoms with Crippen molar-refractivity contribution >= 4 is 25.8 Å². The Morgan fingerprint density at radius 1 is 1.36 bits per heavy atom. The molecule has 0 aromatic heterocycles. The average molecular weight is 238 g/mol. The first-order valence-electron chi connectivity index (χ1n) is 4.49. The van der Waals surface area contributed by atoms with Crippen LogP contribution in [0.2, 0.25) is 0 Å². The number of hydrogen-bond acceptors (Lipinski definition) is 3. The number of hydrogen-bond donors (Lipinski definition) is 0. The van der Waals surface area contributed by atoms with Crippen molar-refractivity contribution < 1.29 is 13.2 Å². The van der Waals surface area contributed by atoms with Crippen molar-refractivity contribution in [2.45, 2.75) is 38.6 Å². The van der Waals surface area contributed by atoms with Gasteiger partial charge in [0.15, 0.2) is 0 Å². The Balaban J connectivity index is 2.38. The average Bonchev–Trinajstić information content (AvgIpc) is 1.93. The minimum absolute atomic E-state index is 0.136. The van der Waals surface area contributed by atoms with E-state index >= 15 is 0 Å². The second-order valence-electron chi connectivity index (χ2n) is 4.69. The van der Waals surface area contributed by atoms with E-state index in [0.717, 1.165) is 17.1 Å². The molecule has 1 atom stereocenters. The Hall–Kier alpha value is -0.290. The normalized spacial score (nSPS) is 35.4. The molecule has 0 aromatic carbocycles. The lowest BCUT2D eigenvalue weighted by molar-refractivity contribution is -0.172. The third kappa shape index (κ3) is 0.997. The zero-order chi connectivity index (χ0) is 10.8. The maximum absolute atomic E-state index is 11.2. The topological polar surface area (TPSA) is 54.5 Å². The van der Waals surface area contributed by atoms with E-state index in [1.54, 1.807) is 0 Å². The highest BCUT2D eigenvalue weighted by Crippen LogP contribution is 2.61. The standard InChI is InChI=1S/C8H12ClNO3S/c1-7(2)3-4-8(7)5-6(11)10(8)14(9,12)13/h3-5H2,1-2H3. The van der Waals surface area contributed by atoms with Crippen molar-refractivity contribution in [2.24, 2.45) is 5.41 Å². The van der Waals surface area contributed by atoms with Gasteiger partial charge in [-0.2, -0.15) is 8.42 Å². The first-order chi connectivity index (χ1) is 6.21. The van der Waals surface area contributed by atoms with Crippen molar-refractivity contribution in [3.63, 3.8) is 0 Å². The maximum atomic E-state index is 11.2. The van der Waals surface area contributed by atoms with Gasteiger partial charge in [-0.3, -0.25) is 4.79 Å². The molecule has 2 fully saturated rings. The fraction of sp³-hybridized carbons (Fsp3) is 0.875. The van der Waals surface area contributed by atoms with Crippen LogP contribution in [-0.4, -0.2) is 24.2 Å². The van der Waals surface area contributed by atoms with Crippen LogP contribution >= 0.6 is 10.7 Å². The lowest BCUT2D eigenvalue weighted by Gasteiger charge is -2.65. The molecule has 1 unspecified atom stereocenters. The monoisotopic (exact) mass is 237 g/mol. The highest BCUT2D eigenvalue weighted by atomic mass is 35.7. The van der Waals surface area contributed by atoms with Gasteiger partial charge in [-0.25, -0.2) is 4.31 Å². The highest BCUT2D eigenvalue weighted by Gasteiger charge is 2.68. The molecular weight excluding hydrogens is 226 g/mol. The van der Waals surface area contributed by atoms with Crippen LogP contribution in [0.3, 0.4) is 0 Å². The minimum atomic E-state index is -3.90. The van der Waals surface area contributed by atoms with Crippen molar-refractivity contribution in [3.8, 4) is 0 Å². The summed E-state index contributed by atoms with van der Waals surface area (Å²) in [5.74, 6) is -0.382. The van der Waals surface area contributed by atoms with Gasteiger partial charge in [0.05, 0.1) is 12.0 Å². The summed E-state index contributed by atoms with van der Waals surface area (Å²) in [6, 6.07) is 0. The number of β-lactam (4-membered cyclic amide) rings is 1. The van der Waals surface area contributed by atoms with Gasteiger partial charge in [0, 0.05) is 10.7 Å². The first-order valence-corrected chi connectivity index (χ1v) is 6.75. The summed E-state index contributed by atoms with van der Waals surface area (Å²) in [7, 11) is 1.33. The van der Waals surface area contributed by atoms with Gasteiger partial charge < -0.3 is 0 Å². The summed E-state index contributed by atoms with van der Waals surface area (Å²) < 4.78 is 23.2. The van der Waals surface area contributed by atoms with Gasteiger partial charge >= 0.3 is 9.24 Å². The molecule has 1 saturated carbocycles. The number of nitrogens with zero attached hydrogens (tertiary/aromatic N) is 1. The van der Waals surface area contributed by atoms with E-state index in [1.807, 2.05) is 13.8 Å². The Morgan fingerprint density at radius 2 is 1.93 bits per heavy atom. The van der Waals surface area contributed by atoms with Crippen molar-refractivity contribution in [2.75, 3.05) is 0 Å². The molecule has 1 amide bonds. The van der Waals surface area contributed by atoms with Crippen LogP contribution in [0.1, 0.15) is 33.1 Å². The summed E-state index contributed by atoms with van der Waals surface area (Å²) in [5.41, 5.74) is -0.659. The van der Waals surface area contributed by atoms with Gasteiger partial charge in [0.25, 0.3) is 0 Å². The van der Waals surface area contributed by atoms with E-state index in [0.29, 0.717) is 6.42 Å². The molecule has 80 valence electrons. The smallest absolute Gasteiger partial charge is 0.274 e. The summed E-state index contributed by atoms with van der Waals surface area (Å²) in [6.07, 6.45) is 1.98. The minimum Gasteiger partial charge on any atom is -0.274 e. The number of rotatable bonds is 1. The van der Waals surface area contributed by atoms with E-state index in [1.165, 1.54) is 0 Å². The van der Waals surface area contributed by atoms with Gasteiger partial charge in [0.2, 0.25) is 5.91 Å². The van der Waals surface area contributed by atoms with E-state index in [-0.39, 0.29) is 11.3 Å². The third-order valence-corrected chi connectivity index (χ3v) is 5.10. The summed E-state index contributed by atoms with van der Waals surface area (Å²) in [6.45, 7) is 3.94. The predicted molar refractivity (Wildman–Crippen MR) is 52.0 cm³/mol. The molecular formula is C8H12ClNO3S. The molecule has 1 aliphatic heterocycles. The maximum Gasteiger partial charge on any atom is 0.324 e. The van der Waals surface area contributed by atoms with Crippen molar-refractivity contribution in [3.05, 3.63) is 0 Å². The number of carbonyl (C=O) groups is 1. The van der Waals surface area contributed by atoms with E-state index in [2.05, 4.69) is 0 Å². The Bertz CT molecular complexity index is 403. The fourth-order valence-electron chi connectivity index (χ4n) is 2.49. The summed E-state index contributed by atoms with van der Waals surface area (Å²) >= 11 is 0. The van der Waals surface area contributed by atoms with Crippen molar-refractivity contribution in [1.29, 1.82) is 0 Å². The van der Waals surface area contributed by atoms with Crippen LogP contribution in [0.5, 0.6) is 0 Å². The lowest BCUT2D eigenvalue weighted by atomic mass is 9.52. The van der Waals surface area contributed by atoms with E-state index in [4.69, 9.17) is 10.7 Å². The summed E-state index contributed by atoms with van der Waals surface area (Å²) in [4.78, 5) is 11.2. The van der Waals surface area contributed by atoms with E-state index < -0.39 is 14.8 Å². The second kappa shape index (κ2) is 2.44. The van der Waals surface area contributed by atoms with Gasteiger partial charge in [-0.15, -0.1) is 0 Å². The largest absolute Gasteiger partial charge is 0.324 e. The predicted octanol–water partition coefficient (Wildman–Crippen LogP) is 1.26. The van der Waals surface area contributed by atoms with Gasteiger partial charge in [-0.1, -0.05) is 13.8 Å². The Morgan fingerprint density at radius 3 is 2.07 bits per heavy atom. The lowest BCUT2D eigenvalue weighted by Crippen LogP contribution is -2.75. The summed E-state index contributed by atoms with van der Waals surface area (Å²) in [5, 5.41) is 0. The number of amides is 1. The number of carbonyl (C=O) groups excluding carboxylic acids is 1. The molecule has 0 bridgehead atoms. The quantitative estimate of drug-likeness (QED) is 0.510. The van der Waals surface area contributed by atoms with Gasteiger partial charge in [0.1, 0.15) is 0 Å². The molecule has 0 N–H and O–H groups in total. The van der Waals surface area contributed by atoms with E-state index in [9.17, 15) is 13.2 Å². The molecule has 6 heteroatoms. The third-order valence-electron chi connectivity index (χ3n) is 3.70. The zero-order valence-electron chi connectivity index (χ0n) is 8.08. The molecule has 1 aliphatic carbocycles. The molecule has 1 saturated heterocycles. The molecule has 1 heterocycles. The highest BCUT2D eigenvalue weighted by molar-refractivity contribution is 8.12. The van der Waals surface area contributed by atoms with Crippen molar-refractivity contribution in [1.82, 2.24) is 4.31 Å². The van der Waals surface area contributed by atoms with Crippen LogP contribution in [0.25, 0.3) is 0 Å². The molecule has 1 spiro atoms. The SMILES string of the molecule is CC1(C)CCC12CC(=O)N2S(=O)(=O)Cl. The number of halogens is 1. The van der Waals surface area contributed by atoms with Crippen LogP contribution in [-0.2, 0) is 14.0 Å². The van der Waals surface area contributed by atoms with Crippen LogP contribution < -0.4 is 0 Å². The molecule has 2 aliphatic rings. The first kappa shape index (κ1) is 10.2. The Labute approximate surface area is 87.8 Å². The van der Waals surface area contributed by atoms with Gasteiger partial charge in [-0.05, 0) is 18.3 Å². The molecule has 0 aromatic rings. The van der Waals surface area contributed by atoms with Crippen LogP contribution in [0.15, 0.2) is 0 Å². The molecule has 4 nitrogen and oxygen atoms in total. The van der Waals surface area contributed by atoms with Crippen LogP contribution in [0.4, 0.5) is 0 Å². The molecule has 14 heavy (non-hydrogen) atoms. The van der Waals surface area contributed by atoms with Crippen LogP contribution in [0, 0.1) is 5.41 Å². The molecule has 2 rings (SSSR count). The second-order valence-corrected chi connectivity index (χ2v) is 7.05. The zero-order valence-corrected chi connectivity index (χ0v) is 9.65. The Kier molecular flexibility index (Phi) is 1.79. The molecule has 0 radical (unpaired) electrons.